The Labute approximate surface area is 55.4 Å². The average Bonchev–Trinajstić information content (AvgIpc) is 1.37. The maximum Gasteiger partial charge on any atom is 0 e. The minimum absolute atomic E-state index is 0. The van der Waals surface area contributed by atoms with E-state index >= 15 is 0 Å². The van der Waals surface area contributed by atoms with Crippen molar-refractivity contribution < 1.29 is 4.28 Å². The Balaban J connectivity index is -0.00000000750. The predicted molar refractivity (Wildman–Crippen MR) is 32.4 cm³/mol. The van der Waals surface area contributed by atoms with Crippen molar-refractivity contribution in [1.29, 1.82) is 0 Å². The first-order valence-corrected chi connectivity index (χ1v) is 1.71. The maximum absolute atomic E-state index is 3.60. The summed E-state index contributed by atoms with van der Waals surface area (Å²) in [4.78, 5) is 0. The molecule has 0 aromatic rings. The standard InChI is InChI=1S/C4H9.Sn.3H2/c1-3-4-2;;;;/h1,3-4H2,2H3;;3*1H. The fourth-order valence-electron chi connectivity index (χ4n) is 0. The summed E-state index contributed by atoms with van der Waals surface area (Å²) in [6, 6.07) is 0. The number of rotatable bonds is 1. The van der Waals surface area contributed by atoms with Gasteiger partial charge in [0.1, 0.15) is 0 Å². The minimum atomic E-state index is 0. The Bertz CT molecular complexity index is 13.2. The molecule has 5 radical (unpaired) electrons. The molecule has 0 nitrogen and oxygen atoms in total. The summed E-state index contributed by atoms with van der Waals surface area (Å²) in [7, 11) is 0. The third kappa shape index (κ3) is 11.6. The number of hydrogen-bond acceptors (Lipinski definition) is 0. The van der Waals surface area contributed by atoms with Crippen molar-refractivity contribution in [2.75, 3.05) is 0 Å². The van der Waals surface area contributed by atoms with Crippen molar-refractivity contribution in [3.05, 3.63) is 6.92 Å². The van der Waals surface area contributed by atoms with Crippen molar-refractivity contribution in [3.8, 4) is 0 Å². The average molecular weight is 182 g/mol. The Morgan fingerprint density at radius 3 is 2.00 bits per heavy atom. The van der Waals surface area contributed by atoms with Crippen molar-refractivity contribution in [1.82, 2.24) is 0 Å². The first kappa shape index (κ1) is 9.25. The third-order valence-corrected chi connectivity index (χ3v) is 0.354. The normalized spacial score (nSPS) is 6.00. The molecule has 1 heteroatoms. The van der Waals surface area contributed by atoms with Crippen LogP contribution in [0.1, 0.15) is 24.0 Å². The van der Waals surface area contributed by atoms with Crippen molar-refractivity contribution >= 4 is 23.9 Å². The second kappa shape index (κ2) is 8.84. The van der Waals surface area contributed by atoms with E-state index in [2.05, 4.69) is 13.8 Å². The molecular formula is C4H15Sn. The zero-order valence-corrected chi connectivity index (χ0v) is 6.48. The van der Waals surface area contributed by atoms with Gasteiger partial charge in [-0.05, 0) is 0 Å². The van der Waals surface area contributed by atoms with E-state index < -0.39 is 0 Å². The number of hydrogen-bond donors (Lipinski definition) is 0. The first-order valence-electron chi connectivity index (χ1n) is 1.71. The molecule has 0 aliphatic rings. The molecule has 0 saturated heterocycles. The summed E-state index contributed by atoms with van der Waals surface area (Å²) in [5.41, 5.74) is 0. The monoisotopic (exact) mass is 183 g/mol. The smallest absolute Gasteiger partial charge is 0 e. The molecule has 0 aliphatic heterocycles. The first-order chi connectivity index (χ1) is 1.91. The van der Waals surface area contributed by atoms with E-state index in [1.165, 1.54) is 6.42 Å². The third-order valence-electron chi connectivity index (χ3n) is 0.354. The van der Waals surface area contributed by atoms with Crippen molar-refractivity contribution in [2.45, 2.75) is 19.8 Å². The second-order valence-corrected chi connectivity index (χ2v) is 0.854. The van der Waals surface area contributed by atoms with Crippen LogP contribution in [0, 0.1) is 6.92 Å². The second-order valence-electron chi connectivity index (χ2n) is 0.854. The van der Waals surface area contributed by atoms with E-state index in [0.29, 0.717) is 0 Å². The molecule has 0 aliphatic carbocycles. The van der Waals surface area contributed by atoms with Crippen LogP contribution in [0.25, 0.3) is 0 Å². The molecule has 0 unspecified atom stereocenters. The van der Waals surface area contributed by atoms with Gasteiger partial charge in [0.15, 0.2) is 0 Å². The van der Waals surface area contributed by atoms with Crippen LogP contribution >= 0.6 is 0 Å². The number of unbranched alkanes of at least 4 members (excludes halogenated alkanes) is 1. The van der Waals surface area contributed by atoms with Crippen LogP contribution in [0.5, 0.6) is 0 Å². The van der Waals surface area contributed by atoms with Gasteiger partial charge >= 0.3 is 0 Å². The SMILES string of the molecule is [CH2]CCC.[HH].[HH].[HH].[Sn]. The van der Waals surface area contributed by atoms with E-state index in [-0.39, 0.29) is 28.2 Å². The quantitative estimate of drug-likeness (QED) is 0.543. The fourth-order valence-corrected chi connectivity index (χ4v) is 0. The summed E-state index contributed by atoms with van der Waals surface area (Å²) in [5.74, 6) is 0. The van der Waals surface area contributed by atoms with Crippen LogP contribution in [-0.2, 0) is 0 Å². The summed E-state index contributed by atoms with van der Waals surface area (Å²) in [6.45, 7) is 5.72. The van der Waals surface area contributed by atoms with E-state index in [4.69, 9.17) is 0 Å². The zero-order chi connectivity index (χ0) is 3.41. The minimum Gasteiger partial charge on any atom is -0.0654 e. The maximum atomic E-state index is 3.60. The van der Waals surface area contributed by atoms with Gasteiger partial charge in [0.2, 0.25) is 0 Å². The van der Waals surface area contributed by atoms with Gasteiger partial charge in [0.25, 0.3) is 0 Å². The molecule has 0 fully saturated rings. The van der Waals surface area contributed by atoms with Crippen LogP contribution in [0.3, 0.4) is 0 Å². The topological polar surface area (TPSA) is 0 Å². The van der Waals surface area contributed by atoms with Gasteiger partial charge in [-0.2, -0.15) is 0 Å². The van der Waals surface area contributed by atoms with Crippen LogP contribution in [0.4, 0.5) is 0 Å². The molecular weight excluding hydrogens is 167 g/mol. The Morgan fingerprint density at radius 1 is 1.80 bits per heavy atom. The molecule has 0 aromatic carbocycles. The molecule has 0 heterocycles. The molecule has 0 rings (SSSR count). The summed E-state index contributed by atoms with van der Waals surface area (Å²) < 4.78 is 0. The fraction of sp³-hybridized carbons (Fsp3) is 0.750. The van der Waals surface area contributed by atoms with Crippen molar-refractivity contribution in [3.63, 3.8) is 0 Å². The summed E-state index contributed by atoms with van der Waals surface area (Å²) in [5, 5.41) is 0. The molecule has 0 N–H and O–H groups in total. The van der Waals surface area contributed by atoms with Gasteiger partial charge in [0, 0.05) is 28.2 Å². The molecule has 0 spiro atoms. The van der Waals surface area contributed by atoms with E-state index in [9.17, 15) is 0 Å². The summed E-state index contributed by atoms with van der Waals surface area (Å²) in [6.07, 6.45) is 2.28. The van der Waals surface area contributed by atoms with Crippen LogP contribution < -0.4 is 0 Å². The van der Waals surface area contributed by atoms with E-state index in [1.807, 2.05) is 0 Å². The molecule has 0 atom stereocenters. The van der Waals surface area contributed by atoms with E-state index in [0.717, 1.165) is 6.42 Å². The molecule has 5 heavy (non-hydrogen) atoms. The Hall–Kier alpha value is 0.799. The van der Waals surface area contributed by atoms with Crippen LogP contribution in [-0.4, -0.2) is 23.9 Å². The predicted octanol–water partition coefficient (Wildman–Crippen LogP) is 1.98. The van der Waals surface area contributed by atoms with Gasteiger partial charge in [-0.3, -0.25) is 0 Å². The van der Waals surface area contributed by atoms with Gasteiger partial charge in [-0.15, -0.1) is 0 Å². The molecule has 0 bridgehead atoms. The Kier molecular flexibility index (Phi) is 16.4. The van der Waals surface area contributed by atoms with Crippen LogP contribution in [0.15, 0.2) is 0 Å². The van der Waals surface area contributed by atoms with Gasteiger partial charge < -0.3 is 0 Å². The summed E-state index contributed by atoms with van der Waals surface area (Å²) >= 11 is 0. The van der Waals surface area contributed by atoms with Gasteiger partial charge in [0.05, 0.1) is 0 Å². The molecule has 35 valence electrons. The van der Waals surface area contributed by atoms with Crippen molar-refractivity contribution in [2.24, 2.45) is 0 Å². The zero-order valence-electron chi connectivity index (χ0n) is 3.62. The largest absolute Gasteiger partial charge is 0.0654 e. The van der Waals surface area contributed by atoms with Gasteiger partial charge in [-0.25, -0.2) is 0 Å². The van der Waals surface area contributed by atoms with Crippen LogP contribution in [0.2, 0.25) is 0 Å². The molecule has 0 saturated carbocycles. The van der Waals surface area contributed by atoms with E-state index in [1.54, 1.807) is 0 Å². The Morgan fingerprint density at radius 2 is 2.00 bits per heavy atom. The van der Waals surface area contributed by atoms with Gasteiger partial charge in [-0.1, -0.05) is 26.7 Å². The molecule has 0 amide bonds. The molecule has 0 aromatic heterocycles.